The largest absolute Gasteiger partial charge is 0.310 e. The van der Waals surface area contributed by atoms with E-state index in [1.807, 2.05) is 0 Å². The molecule has 0 saturated carbocycles. The Hall–Kier alpha value is -10.7. The van der Waals surface area contributed by atoms with E-state index >= 15 is 0 Å². The van der Waals surface area contributed by atoms with E-state index in [9.17, 15) is 0 Å². The lowest BCUT2D eigenvalue weighted by Crippen LogP contribution is -2.10. The number of hydrogen-bond acceptors (Lipinski definition) is 1. The second kappa shape index (κ2) is 18.5. The highest BCUT2D eigenvalue weighted by atomic mass is 15.1. The summed E-state index contributed by atoms with van der Waals surface area (Å²) in [7, 11) is 0. The standard InChI is InChI=1S/C76H50N4/c1-2-17-58(18-3-1)77(70-28-14-16-55-15-4-5-19-63(55)70)59-39-29-51(30-40-59)52-31-41-62(42-32-52)80-75-47-37-56(53-33-43-60(44-34-53)78-71-24-10-6-20-64(71)65-21-7-11-25-72(65)78)49-68(75)69-50-57(38-48-76(69)80)54-35-45-61(46-36-54)79-73-26-12-8-22-66(73)67-23-9-13-27-74(67)79/h1-50H. The summed E-state index contributed by atoms with van der Waals surface area (Å²) in [6.07, 6.45) is 0. The Bertz CT molecular complexity index is 4700. The van der Waals surface area contributed by atoms with E-state index in [4.69, 9.17) is 0 Å². The molecule has 3 aromatic heterocycles. The van der Waals surface area contributed by atoms with Gasteiger partial charge in [-0.25, -0.2) is 0 Å². The minimum Gasteiger partial charge on any atom is -0.310 e. The second-order valence-electron chi connectivity index (χ2n) is 20.9. The molecule has 16 aromatic rings. The Kier molecular flexibility index (Phi) is 10.5. The van der Waals surface area contributed by atoms with Gasteiger partial charge in [0, 0.05) is 66.1 Å². The monoisotopic (exact) mass is 1020 g/mol. The van der Waals surface area contributed by atoms with E-state index in [2.05, 4.69) is 322 Å². The molecule has 0 saturated heterocycles. The maximum Gasteiger partial charge on any atom is 0.0541 e. The molecule has 0 atom stereocenters. The maximum absolute atomic E-state index is 2.43. The van der Waals surface area contributed by atoms with E-state index in [1.165, 1.54) is 87.4 Å². The summed E-state index contributed by atoms with van der Waals surface area (Å²) in [6, 6.07) is 111. The zero-order valence-corrected chi connectivity index (χ0v) is 43.7. The van der Waals surface area contributed by atoms with Crippen molar-refractivity contribution in [2.24, 2.45) is 0 Å². The van der Waals surface area contributed by atoms with Crippen molar-refractivity contribution >= 4 is 93.3 Å². The van der Waals surface area contributed by atoms with Crippen molar-refractivity contribution in [2.45, 2.75) is 0 Å². The van der Waals surface area contributed by atoms with E-state index in [-0.39, 0.29) is 0 Å². The zero-order chi connectivity index (χ0) is 52.7. The number of nitrogens with zero attached hydrogens (tertiary/aromatic N) is 4. The molecule has 0 aliphatic heterocycles. The van der Waals surface area contributed by atoms with Gasteiger partial charge in [-0.1, -0.05) is 188 Å². The fourth-order valence-electron chi connectivity index (χ4n) is 12.7. The lowest BCUT2D eigenvalue weighted by atomic mass is 10.00. The number of rotatable bonds is 9. The van der Waals surface area contributed by atoms with Crippen LogP contribution in [0.2, 0.25) is 0 Å². The first-order valence-corrected chi connectivity index (χ1v) is 27.5. The van der Waals surface area contributed by atoms with Crippen molar-refractivity contribution in [3.8, 4) is 50.4 Å². The van der Waals surface area contributed by atoms with Crippen molar-refractivity contribution in [3.63, 3.8) is 0 Å². The van der Waals surface area contributed by atoms with Gasteiger partial charge in [-0.2, -0.15) is 0 Å². The third kappa shape index (κ3) is 7.38. The zero-order valence-electron chi connectivity index (χ0n) is 43.7. The van der Waals surface area contributed by atoms with Gasteiger partial charge in [0.25, 0.3) is 0 Å². The van der Waals surface area contributed by atoms with Crippen LogP contribution in [0.4, 0.5) is 17.1 Å². The van der Waals surface area contributed by atoms with Crippen LogP contribution in [0.1, 0.15) is 0 Å². The van der Waals surface area contributed by atoms with Gasteiger partial charge in [0.15, 0.2) is 0 Å². The fraction of sp³-hybridized carbons (Fsp3) is 0. The summed E-state index contributed by atoms with van der Waals surface area (Å²) in [5.74, 6) is 0. The summed E-state index contributed by atoms with van der Waals surface area (Å²) in [5.41, 5.74) is 21.0. The highest BCUT2D eigenvalue weighted by Gasteiger charge is 2.19. The fourth-order valence-corrected chi connectivity index (χ4v) is 12.7. The van der Waals surface area contributed by atoms with E-state index < -0.39 is 0 Å². The van der Waals surface area contributed by atoms with Gasteiger partial charge in [-0.05, 0) is 154 Å². The molecular formula is C76H50N4. The van der Waals surface area contributed by atoms with E-state index in [0.29, 0.717) is 0 Å². The third-order valence-electron chi connectivity index (χ3n) is 16.4. The molecule has 0 unspecified atom stereocenters. The molecule has 16 rings (SSSR count). The summed E-state index contributed by atoms with van der Waals surface area (Å²) in [5, 5.41) is 9.91. The molecule has 0 spiro atoms. The van der Waals surface area contributed by atoms with Crippen molar-refractivity contribution in [1.82, 2.24) is 13.7 Å². The molecule has 3 heterocycles. The lowest BCUT2D eigenvalue weighted by molar-refractivity contribution is 1.18. The minimum absolute atomic E-state index is 1.11. The molecular weight excluding hydrogens is 969 g/mol. The molecule has 0 fully saturated rings. The summed E-state index contributed by atoms with van der Waals surface area (Å²) < 4.78 is 7.20. The lowest BCUT2D eigenvalue weighted by Gasteiger charge is -2.27. The van der Waals surface area contributed by atoms with Crippen LogP contribution in [0.5, 0.6) is 0 Å². The van der Waals surface area contributed by atoms with Crippen LogP contribution in [0, 0.1) is 0 Å². The minimum atomic E-state index is 1.11. The Labute approximate surface area is 463 Å². The van der Waals surface area contributed by atoms with Crippen LogP contribution < -0.4 is 4.90 Å². The molecule has 0 aliphatic carbocycles. The highest BCUT2D eigenvalue weighted by Crippen LogP contribution is 2.42. The van der Waals surface area contributed by atoms with Crippen LogP contribution in [0.15, 0.2) is 303 Å². The van der Waals surface area contributed by atoms with Gasteiger partial charge in [0.2, 0.25) is 0 Å². The molecule has 4 heteroatoms. The molecule has 0 N–H and O–H groups in total. The van der Waals surface area contributed by atoms with E-state index in [0.717, 1.165) is 56.3 Å². The summed E-state index contributed by atoms with van der Waals surface area (Å²) in [4.78, 5) is 2.36. The normalized spacial score (nSPS) is 11.8. The predicted molar refractivity (Wildman–Crippen MR) is 338 cm³/mol. The van der Waals surface area contributed by atoms with Crippen LogP contribution in [-0.2, 0) is 0 Å². The highest BCUT2D eigenvalue weighted by molar-refractivity contribution is 6.13. The second-order valence-corrected chi connectivity index (χ2v) is 20.9. The molecule has 4 nitrogen and oxygen atoms in total. The number of benzene rings is 13. The van der Waals surface area contributed by atoms with Crippen LogP contribution in [0.3, 0.4) is 0 Å². The quantitative estimate of drug-likeness (QED) is 0.141. The predicted octanol–water partition coefficient (Wildman–Crippen LogP) is 20.6. The average molecular weight is 1020 g/mol. The SMILES string of the molecule is c1ccc(N(c2ccc(-c3ccc(-n4c5ccc(-c6ccc(-n7c8ccccc8c8ccccc87)cc6)cc5c5cc(-c6ccc(-n7c8ccccc8c8ccccc87)cc6)ccc54)cc3)cc2)c2cccc3ccccc23)cc1. The van der Waals surface area contributed by atoms with Gasteiger partial charge in [0.1, 0.15) is 0 Å². The smallest absolute Gasteiger partial charge is 0.0541 e. The van der Waals surface area contributed by atoms with Gasteiger partial charge >= 0.3 is 0 Å². The van der Waals surface area contributed by atoms with Crippen LogP contribution in [-0.4, -0.2) is 13.7 Å². The topological polar surface area (TPSA) is 18.0 Å². The number of aromatic nitrogens is 3. The van der Waals surface area contributed by atoms with E-state index in [1.54, 1.807) is 0 Å². The molecule has 0 bridgehead atoms. The first-order chi connectivity index (χ1) is 39.7. The Morgan fingerprint density at radius 3 is 0.950 bits per heavy atom. The Balaban J connectivity index is 0.782. The summed E-state index contributed by atoms with van der Waals surface area (Å²) in [6.45, 7) is 0. The molecule has 0 amide bonds. The van der Waals surface area contributed by atoms with Crippen molar-refractivity contribution in [3.05, 3.63) is 303 Å². The molecule has 13 aromatic carbocycles. The van der Waals surface area contributed by atoms with Gasteiger partial charge in [-0.3, -0.25) is 0 Å². The van der Waals surface area contributed by atoms with Crippen molar-refractivity contribution in [2.75, 3.05) is 4.90 Å². The molecule has 0 aliphatic rings. The number of anilines is 3. The number of fused-ring (bicyclic) bond motifs is 10. The van der Waals surface area contributed by atoms with Crippen molar-refractivity contribution < 1.29 is 0 Å². The van der Waals surface area contributed by atoms with Gasteiger partial charge in [-0.15, -0.1) is 0 Å². The Morgan fingerprint density at radius 1 is 0.200 bits per heavy atom. The van der Waals surface area contributed by atoms with Gasteiger partial charge in [0.05, 0.1) is 38.8 Å². The van der Waals surface area contributed by atoms with Crippen LogP contribution in [0.25, 0.3) is 127 Å². The summed E-state index contributed by atoms with van der Waals surface area (Å²) >= 11 is 0. The first-order valence-electron chi connectivity index (χ1n) is 27.5. The molecule has 0 radical (unpaired) electrons. The molecule has 80 heavy (non-hydrogen) atoms. The first kappa shape index (κ1) is 45.5. The Morgan fingerprint density at radius 2 is 0.512 bits per heavy atom. The van der Waals surface area contributed by atoms with Crippen molar-refractivity contribution in [1.29, 1.82) is 0 Å². The van der Waals surface area contributed by atoms with Crippen LogP contribution >= 0.6 is 0 Å². The maximum atomic E-state index is 2.43. The average Bonchev–Trinajstić information content (AvgIpc) is 4.32. The van der Waals surface area contributed by atoms with Gasteiger partial charge < -0.3 is 18.6 Å². The third-order valence-corrected chi connectivity index (χ3v) is 16.4. The number of hydrogen-bond donors (Lipinski definition) is 0. The number of para-hydroxylation sites is 5. The molecule has 374 valence electrons.